The number of benzene rings is 3. The summed E-state index contributed by atoms with van der Waals surface area (Å²) in [7, 11) is 0. The Morgan fingerprint density at radius 2 is 1.43 bits per heavy atom. The lowest BCUT2D eigenvalue weighted by Crippen LogP contribution is -2.49. The first-order valence-corrected chi connectivity index (χ1v) is 9.78. The van der Waals surface area contributed by atoms with E-state index in [1.165, 1.54) is 11.9 Å². The van der Waals surface area contributed by atoms with Gasteiger partial charge in [-0.05, 0) is 53.9 Å². The maximum Gasteiger partial charge on any atom is 0.265 e. The Balaban J connectivity index is 2.11. The molecule has 152 valence electrons. The second-order valence-electron chi connectivity index (χ2n) is 7.37. The summed E-state index contributed by atoms with van der Waals surface area (Å²) in [5.41, 5.74) is 17.9. The molecule has 2 amide bonds. The molecule has 1 aliphatic rings. The molecule has 0 atom stereocenters. The summed E-state index contributed by atoms with van der Waals surface area (Å²) in [6.07, 6.45) is 0. The molecule has 3 aromatic carbocycles. The van der Waals surface area contributed by atoms with Gasteiger partial charge < -0.3 is 11.5 Å². The van der Waals surface area contributed by atoms with Crippen molar-refractivity contribution in [1.29, 1.82) is 0 Å². The maximum absolute atomic E-state index is 14.1. The number of nitrogens with zero attached hydrogens (tertiary/aromatic N) is 1. The van der Waals surface area contributed by atoms with E-state index >= 15 is 0 Å². The molecule has 0 spiro atoms. The van der Waals surface area contributed by atoms with Gasteiger partial charge in [0.15, 0.2) is 0 Å². The second kappa shape index (κ2) is 7.07. The summed E-state index contributed by atoms with van der Waals surface area (Å²) < 4.78 is 0. The fourth-order valence-corrected chi connectivity index (χ4v) is 4.26. The minimum atomic E-state index is -1.20. The summed E-state index contributed by atoms with van der Waals surface area (Å²) in [4.78, 5) is 26.0. The van der Waals surface area contributed by atoms with E-state index in [-0.39, 0.29) is 11.8 Å². The van der Waals surface area contributed by atoms with Crippen molar-refractivity contribution in [3.05, 3.63) is 87.9 Å². The number of halogens is 1. The Kier molecular flexibility index (Phi) is 4.67. The Bertz CT molecular complexity index is 1110. The zero-order chi connectivity index (χ0) is 21.6. The lowest BCUT2D eigenvalue weighted by atomic mass is 9.70. The van der Waals surface area contributed by atoms with Crippen molar-refractivity contribution >= 4 is 40.5 Å². The number of nitrogen functional groups attached to an aromatic ring is 2. The Morgan fingerprint density at radius 1 is 0.933 bits per heavy atom. The van der Waals surface area contributed by atoms with Crippen LogP contribution >= 0.6 is 11.6 Å². The van der Waals surface area contributed by atoms with Crippen LogP contribution in [0.25, 0.3) is 0 Å². The molecule has 5 N–H and O–H groups in total. The highest BCUT2D eigenvalue weighted by molar-refractivity contribution is 6.32. The van der Waals surface area contributed by atoms with Crippen LogP contribution in [0.1, 0.15) is 29.2 Å². The van der Waals surface area contributed by atoms with Crippen molar-refractivity contribution in [2.24, 2.45) is 0 Å². The van der Waals surface area contributed by atoms with E-state index in [0.29, 0.717) is 27.6 Å². The highest BCUT2D eigenvalue weighted by Crippen LogP contribution is 2.52. The van der Waals surface area contributed by atoms with E-state index in [9.17, 15) is 9.59 Å². The zero-order valence-electron chi connectivity index (χ0n) is 16.6. The van der Waals surface area contributed by atoms with E-state index in [2.05, 4.69) is 5.43 Å². The van der Waals surface area contributed by atoms with Gasteiger partial charge in [-0.2, -0.15) is 0 Å². The molecule has 0 fully saturated rings. The average Bonchev–Trinajstić information content (AvgIpc) is 2.95. The summed E-state index contributed by atoms with van der Waals surface area (Å²) in [5.74, 6) is -0.674. The number of nitrogens with two attached hydrogens (primary N) is 2. The molecule has 0 radical (unpaired) electrons. The van der Waals surface area contributed by atoms with Crippen LogP contribution < -0.4 is 21.9 Å². The minimum absolute atomic E-state index is 0.312. The highest BCUT2D eigenvalue weighted by Gasteiger charge is 2.54. The smallest absolute Gasteiger partial charge is 0.265 e. The third-order valence-electron chi connectivity index (χ3n) is 5.47. The molecule has 3 aromatic rings. The lowest BCUT2D eigenvalue weighted by Gasteiger charge is -2.30. The van der Waals surface area contributed by atoms with Crippen LogP contribution in [-0.2, 0) is 15.0 Å². The molecule has 0 aliphatic carbocycles. The first-order chi connectivity index (χ1) is 14.3. The largest absolute Gasteiger partial charge is 0.399 e. The first-order valence-electron chi connectivity index (χ1n) is 9.40. The molecule has 7 heteroatoms. The van der Waals surface area contributed by atoms with Crippen LogP contribution in [0.4, 0.5) is 17.1 Å². The molecular formula is C23H21ClN4O2. The van der Waals surface area contributed by atoms with Crippen molar-refractivity contribution < 1.29 is 9.59 Å². The number of fused-ring (bicyclic) bond motifs is 1. The van der Waals surface area contributed by atoms with Crippen molar-refractivity contribution in [3.8, 4) is 0 Å². The molecule has 0 bridgehead atoms. The first kappa shape index (κ1) is 19.8. The van der Waals surface area contributed by atoms with Gasteiger partial charge >= 0.3 is 0 Å². The number of rotatable bonds is 3. The molecule has 0 saturated carbocycles. The molecule has 4 rings (SSSR count). The zero-order valence-corrected chi connectivity index (χ0v) is 17.3. The van der Waals surface area contributed by atoms with Crippen molar-refractivity contribution in [3.63, 3.8) is 0 Å². The fraction of sp³-hybridized carbons (Fsp3) is 0.130. The molecule has 0 saturated heterocycles. The molecule has 1 aliphatic heterocycles. The standard InChI is InChI=1S/C23H21ClN4O2/c1-13-20(24)12-11-19-21(13)28(27-14(2)29)22(30)23(19,15-3-7-17(25)8-4-15)16-5-9-18(26)10-6-16/h3-12H,25-26H2,1-2H3,(H,27,29). The predicted octanol–water partition coefficient (Wildman–Crippen LogP) is 3.54. The van der Waals surface area contributed by atoms with Gasteiger partial charge in [-0.15, -0.1) is 0 Å². The summed E-state index contributed by atoms with van der Waals surface area (Å²) in [6, 6.07) is 17.9. The monoisotopic (exact) mass is 420 g/mol. The van der Waals surface area contributed by atoms with Gasteiger partial charge in [-0.3, -0.25) is 15.0 Å². The molecular weight excluding hydrogens is 400 g/mol. The number of carbonyl (C=O) groups is 2. The van der Waals surface area contributed by atoms with Crippen LogP contribution in [0, 0.1) is 6.92 Å². The summed E-state index contributed by atoms with van der Waals surface area (Å²) >= 11 is 6.38. The molecule has 0 unspecified atom stereocenters. The molecule has 0 aromatic heterocycles. The Morgan fingerprint density at radius 3 is 1.90 bits per heavy atom. The number of anilines is 3. The lowest BCUT2D eigenvalue weighted by molar-refractivity contribution is -0.126. The van der Waals surface area contributed by atoms with Gasteiger partial charge in [0.05, 0.1) is 5.69 Å². The Hall–Kier alpha value is -3.51. The van der Waals surface area contributed by atoms with Gasteiger partial charge in [-0.25, -0.2) is 5.01 Å². The van der Waals surface area contributed by atoms with Gasteiger partial charge in [0.2, 0.25) is 5.91 Å². The third-order valence-corrected chi connectivity index (χ3v) is 5.88. The van der Waals surface area contributed by atoms with E-state index in [1.807, 2.05) is 37.3 Å². The number of carbonyl (C=O) groups excluding carboxylic acids is 2. The second-order valence-corrected chi connectivity index (χ2v) is 7.78. The average molecular weight is 421 g/mol. The van der Waals surface area contributed by atoms with Crippen molar-refractivity contribution in [2.75, 3.05) is 16.5 Å². The van der Waals surface area contributed by atoms with Crippen LogP contribution in [0.3, 0.4) is 0 Å². The van der Waals surface area contributed by atoms with Crippen LogP contribution in [0.2, 0.25) is 5.02 Å². The normalized spacial score (nSPS) is 14.5. The number of nitrogens with one attached hydrogen (secondary N) is 1. The number of amides is 2. The summed E-state index contributed by atoms with van der Waals surface area (Å²) in [5, 5.41) is 1.80. The van der Waals surface area contributed by atoms with Gasteiger partial charge in [0.25, 0.3) is 5.91 Å². The molecule has 6 nitrogen and oxygen atoms in total. The third kappa shape index (κ3) is 2.80. The number of hydrogen-bond donors (Lipinski definition) is 3. The number of hydrazine groups is 1. The number of hydrogen-bond acceptors (Lipinski definition) is 4. The fourth-order valence-electron chi connectivity index (χ4n) is 4.11. The Labute approximate surface area is 179 Å². The predicted molar refractivity (Wildman–Crippen MR) is 119 cm³/mol. The maximum atomic E-state index is 14.1. The van der Waals surface area contributed by atoms with Crippen LogP contribution in [-0.4, -0.2) is 11.8 Å². The van der Waals surface area contributed by atoms with E-state index in [1.54, 1.807) is 30.3 Å². The van der Waals surface area contributed by atoms with E-state index in [4.69, 9.17) is 23.1 Å². The van der Waals surface area contributed by atoms with Gasteiger partial charge in [0.1, 0.15) is 5.41 Å². The van der Waals surface area contributed by atoms with Gasteiger partial charge in [-0.1, -0.05) is 41.9 Å². The van der Waals surface area contributed by atoms with Gasteiger partial charge in [0, 0.05) is 28.9 Å². The van der Waals surface area contributed by atoms with Crippen LogP contribution in [0.15, 0.2) is 60.7 Å². The van der Waals surface area contributed by atoms with Crippen molar-refractivity contribution in [1.82, 2.24) is 5.43 Å². The van der Waals surface area contributed by atoms with Crippen molar-refractivity contribution in [2.45, 2.75) is 19.3 Å². The highest BCUT2D eigenvalue weighted by atomic mass is 35.5. The molecule has 1 heterocycles. The minimum Gasteiger partial charge on any atom is -0.399 e. The van der Waals surface area contributed by atoms with Crippen LogP contribution in [0.5, 0.6) is 0 Å². The topological polar surface area (TPSA) is 101 Å². The molecule has 30 heavy (non-hydrogen) atoms. The quantitative estimate of drug-likeness (QED) is 0.564. The van der Waals surface area contributed by atoms with E-state index in [0.717, 1.165) is 16.7 Å². The summed E-state index contributed by atoms with van der Waals surface area (Å²) in [6.45, 7) is 3.19. The SMILES string of the molecule is CC(=O)NN1C(=O)C(c2ccc(N)cc2)(c2ccc(N)cc2)c2ccc(Cl)c(C)c21. The van der Waals surface area contributed by atoms with E-state index < -0.39 is 5.41 Å².